The first-order valence-corrected chi connectivity index (χ1v) is 7.14. The van der Waals surface area contributed by atoms with Crippen molar-refractivity contribution in [1.29, 1.82) is 0 Å². The standard InChI is InChI=1S/C15H18N4O2/c1-9(17-11-5-6-11)15(21)16-8-12-4-2-10-3-7-13(20)19-14(10)18-12/h2-4,7,9,11,17H,5-6,8H2,1H3,(H,16,21)(H,18,19,20). The average Bonchev–Trinajstić information content (AvgIpc) is 3.28. The molecule has 0 saturated heterocycles. The van der Waals surface area contributed by atoms with Crippen LogP contribution in [0.3, 0.4) is 0 Å². The van der Waals surface area contributed by atoms with Gasteiger partial charge < -0.3 is 15.6 Å². The fraction of sp³-hybridized carbons (Fsp3) is 0.400. The van der Waals surface area contributed by atoms with Gasteiger partial charge in [-0.3, -0.25) is 9.59 Å². The molecule has 21 heavy (non-hydrogen) atoms. The molecule has 0 bridgehead atoms. The van der Waals surface area contributed by atoms with Gasteiger partial charge in [0, 0.05) is 17.5 Å². The van der Waals surface area contributed by atoms with Crippen molar-refractivity contribution in [2.24, 2.45) is 0 Å². The summed E-state index contributed by atoms with van der Waals surface area (Å²) in [6.45, 7) is 2.21. The van der Waals surface area contributed by atoms with Crippen molar-refractivity contribution in [2.45, 2.75) is 38.4 Å². The highest BCUT2D eigenvalue weighted by molar-refractivity contribution is 5.81. The minimum absolute atomic E-state index is 0.0367. The molecule has 1 saturated carbocycles. The Bertz CT molecular complexity index is 721. The summed E-state index contributed by atoms with van der Waals surface area (Å²) in [5.74, 6) is -0.0367. The molecule has 0 spiro atoms. The van der Waals surface area contributed by atoms with E-state index in [9.17, 15) is 9.59 Å². The molecule has 1 unspecified atom stereocenters. The lowest BCUT2D eigenvalue weighted by atomic mass is 10.2. The SMILES string of the molecule is CC(NC1CC1)C(=O)NCc1ccc2ccc(=O)[nH]c2n1. The summed E-state index contributed by atoms with van der Waals surface area (Å²) in [4.78, 5) is 30.3. The summed E-state index contributed by atoms with van der Waals surface area (Å²) in [5, 5.41) is 6.97. The number of rotatable bonds is 5. The molecule has 0 aromatic carbocycles. The van der Waals surface area contributed by atoms with E-state index >= 15 is 0 Å². The Kier molecular flexibility index (Phi) is 3.70. The molecule has 1 amide bonds. The zero-order chi connectivity index (χ0) is 14.8. The minimum Gasteiger partial charge on any atom is -0.349 e. The monoisotopic (exact) mass is 286 g/mol. The Labute approximate surface area is 122 Å². The van der Waals surface area contributed by atoms with Crippen molar-refractivity contribution < 1.29 is 4.79 Å². The normalized spacial score (nSPS) is 15.9. The molecule has 3 N–H and O–H groups in total. The minimum atomic E-state index is -0.197. The van der Waals surface area contributed by atoms with Crippen LogP contribution >= 0.6 is 0 Å². The van der Waals surface area contributed by atoms with Gasteiger partial charge in [-0.05, 0) is 38.0 Å². The first-order valence-electron chi connectivity index (χ1n) is 7.14. The van der Waals surface area contributed by atoms with Gasteiger partial charge in [0.2, 0.25) is 11.5 Å². The molecular formula is C15H18N4O2. The molecule has 0 radical (unpaired) electrons. The van der Waals surface area contributed by atoms with Crippen LogP contribution in [0.2, 0.25) is 0 Å². The van der Waals surface area contributed by atoms with E-state index in [4.69, 9.17) is 0 Å². The topological polar surface area (TPSA) is 86.9 Å². The van der Waals surface area contributed by atoms with Crippen LogP contribution < -0.4 is 16.2 Å². The number of pyridine rings is 2. The van der Waals surface area contributed by atoms with Crippen molar-refractivity contribution in [3.8, 4) is 0 Å². The molecule has 2 heterocycles. The molecule has 1 aliphatic rings. The summed E-state index contributed by atoms with van der Waals surface area (Å²) in [6.07, 6.45) is 2.30. The van der Waals surface area contributed by atoms with Crippen molar-refractivity contribution >= 4 is 16.9 Å². The Morgan fingerprint density at radius 2 is 2.14 bits per heavy atom. The molecular weight excluding hydrogens is 268 g/mol. The number of carbonyl (C=O) groups excluding carboxylic acids is 1. The lowest BCUT2D eigenvalue weighted by Gasteiger charge is -2.13. The number of amides is 1. The number of nitrogens with one attached hydrogen (secondary N) is 3. The lowest BCUT2D eigenvalue weighted by Crippen LogP contribution is -2.42. The summed E-state index contributed by atoms with van der Waals surface area (Å²) in [6, 6.07) is 7.22. The quantitative estimate of drug-likeness (QED) is 0.754. The van der Waals surface area contributed by atoms with E-state index in [0.717, 1.165) is 23.9 Å². The molecule has 6 heteroatoms. The Morgan fingerprint density at radius 1 is 1.38 bits per heavy atom. The van der Waals surface area contributed by atoms with Crippen LogP contribution in [0.1, 0.15) is 25.5 Å². The molecule has 3 rings (SSSR count). The molecule has 0 aliphatic heterocycles. The highest BCUT2D eigenvalue weighted by Crippen LogP contribution is 2.19. The number of aromatic nitrogens is 2. The second-order valence-corrected chi connectivity index (χ2v) is 5.44. The summed E-state index contributed by atoms with van der Waals surface area (Å²) in [7, 11) is 0. The highest BCUT2D eigenvalue weighted by Gasteiger charge is 2.25. The van der Waals surface area contributed by atoms with E-state index in [1.165, 1.54) is 6.07 Å². The number of carbonyl (C=O) groups is 1. The molecule has 1 atom stereocenters. The Morgan fingerprint density at radius 3 is 2.90 bits per heavy atom. The van der Waals surface area contributed by atoms with Crippen LogP contribution in [0.4, 0.5) is 0 Å². The van der Waals surface area contributed by atoms with Gasteiger partial charge in [0.1, 0.15) is 5.65 Å². The first-order chi connectivity index (χ1) is 10.1. The molecule has 2 aromatic rings. The fourth-order valence-corrected chi connectivity index (χ4v) is 2.18. The van der Waals surface area contributed by atoms with E-state index < -0.39 is 0 Å². The van der Waals surface area contributed by atoms with Crippen LogP contribution in [0, 0.1) is 0 Å². The highest BCUT2D eigenvalue weighted by atomic mass is 16.2. The molecule has 110 valence electrons. The number of fused-ring (bicyclic) bond motifs is 1. The number of hydrogen-bond acceptors (Lipinski definition) is 4. The third-order valence-electron chi connectivity index (χ3n) is 3.54. The third kappa shape index (κ3) is 3.46. The summed E-state index contributed by atoms with van der Waals surface area (Å²) >= 11 is 0. The van der Waals surface area contributed by atoms with Crippen LogP contribution in [-0.2, 0) is 11.3 Å². The Hall–Kier alpha value is -2.21. The fourth-order valence-electron chi connectivity index (χ4n) is 2.18. The number of nitrogens with zero attached hydrogens (tertiary/aromatic N) is 1. The molecule has 6 nitrogen and oxygen atoms in total. The summed E-state index contributed by atoms with van der Waals surface area (Å²) < 4.78 is 0. The van der Waals surface area contributed by atoms with Gasteiger partial charge in [-0.1, -0.05) is 0 Å². The zero-order valence-electron chi connectivity index (χ0n) is 11.8. The van der Waals surface area contributed by atoms with Crippen LogP contribution in [0.5, 0.6) is 0 Å². The lowest BCUT2D eigenvalue weighted by molar-refractivity contribution is -0.123. The third-order valence-corrected chi connectivity index (χ3v) is 3.54. The van der Waals surface area contributed by atoms with Crippen LogP contribution in [0.15, 0.2) is 29.1 Å². The summed E-state index contributed by atoms with van der Waals surface area (Å²) in [5.41, 5.74) is 1.08. The van der Waals surface area contributed by atoms with Gasteiger partial charge in [0.05, 0.1) is 18.3 Å². The van der Waals surface area contributed by atoms with Crippen molar-refractivity contribution in [3.63, 3.8) is 0 Å². The van der Waals surface area contributed by atoms with E-state index in [1.54, 1.807) is 6.07 Å². The maximum Gasteiger partial charge on any atom is 0.249 e. The molecule has 1 aliphatic carbocycles. The van der Waals surface area contributed by atoms with E-state index in [0.29, 0.717) is 18.2 Å². The van der Waals surface area contributed by atoms with Crippen LogP contribution in [-0.4, -0.2) is 28.0 Å². The van der Waals surface area contributed by atoms with Gasteiger partial charge in [0.15, 0.2) is 0 Å². The van der Waals surface area contributed by atoms with Crippen molar-refractivity contribution in [1.82, 2.24) is 20.6 Å². The largest absolute Gasteiger partial charge is 0.349 e. The molecule has 1 fully saturated rings. The van der Waals surface area contributed by atoms with Gasteiger partial charge in [-0.15, -0.1) is 0 Å². The Balaban J connectivity index is 1.64. The first kappa shape index (κ1) is 13.8. The smallest absolute Gasteiger partial charge is 0.249 e. The van der Waals surface area contributed by atoms with E-state index in [1.807, 2.05) is 19.1 Å². The van der Waals surface area contributed by atoms with Gasteiger partial charge >= 0.3 is 0 Å². The number of H-pyrrole nitrogens is 1. The van der Waals surface area contributed by atoms with E-state index in [2.05, 4.69) is 20.6 Å². The van der Waals surface area contributed by atoms with Crippen LogP contribution in [0.25, 0.3) is 11.0 Å². The predicted octanol–water partition coefficient (Wildman–Crippen LogP) is 0.680. The maximum absolute atomic E-state index is 11.9. The second kappa shape index (κ2) is 5.65. The van der Waals surface area contributed by atoms with Gasteiger partial charge in [-0.25, -0.2) is 4.98 Å². The van der Waals surface area contributed by atoms with Crippen molar-refractivity contribution in [3.05, 3.63) is 40.3 Å². The van der Waals surface area contributed by atoms with Gasteiger partial charge in [-0.2, -0.15) is 0 Å². The number of aromatic amines is 1. The molecule has 2 aromatic heterocycles. The van der Waals surface area contributed by atoms with E-state index in [-0.39, 0.29) is 17.5 Å². The zero-order valence-corrected chi connectivity index (χ0v) is 11.8. The average molecular weight is 286 g/mol. The maximum atomic E-state index is 11.9. The van der Waals surface area contributed by atoms with Crippen molar-refractivity contribution in [2.75, 3.05) is 0 Å². The number of hydrogen-bond donors (Lipinski definition) is 3. The second-order valence-electron chi connectivity index (χ2n) is 5.44. The predicted molar refractivity (Wildman–Crippen MR) is 79.8 cm³/mol. The van der Waals surface area contributed by atoms with Gasteiger partial charge in [0.25, 0.3) is 0 Å².